The number of carbonyl (C=O) groups is 2. The van der Waals surface area contributed by atoms with E-state index in [-0.39, 0.29) is 6.03 Å². The molecule has 0 unspecified atom stereocenters. The number of urea groups is 1. The van der Waals surface area contributed by atoms with Crippen LogP contribution in [-0.2, 0) is 4.79 Å². The van der Waals surface area contributed by atoms with Crippen molar-refractivity contribution < 1.29 is 14.7 Å². The van der Waals surface area contributed by atoms with Crippen molar-refractivity contribution in [1.82, 2.24) is 9.80 Å². The summed E-state index contributed by atoms with van der Waals surface area (Å²) in [6, 6.07) is -0.167. The van der Waals surface area contributed by atoms with Crippen LogP contribution in [0.4, 0.5) is 4.79 Å². The summed E-state index contributed by atoms with van der Waals surface area (Å²) in [5.74, 6) is -0.360. The van der Waals surface area contributed by atoms with Crippen molar-refractivity contribution in [3.8, 4) is 0 Å². The maximum absolute atomic E-state index is 12.4. The van der Waals surface area contributed by atoms with E-state index < -0.39 is 11.5 Å². The van der Waals surface area contributed by atoms with Crippen LogP contribution in [0.5, 0.6) is 0 Å². The Morgan fingerprint density at radius 1 is 1.22 bits per heavy atom. The minimum Gasteiger partial charge on any atom is -0.480 e. The van der Waals surface area contributed by atoms with E-state index in [1.54, 1.807) is 18.7 Å². The van der Waals surface area contributed by atoms with Gasteiger partial charge in [0.15, 0.2) is 0 Å². The zero-order valence-electron chi connectivity index (χ0n) is 11.8. The summed E-state index contributed by atoms with van der Waals surface area (Å²) in [6.07, 6.45) is 2.36. The van der Waals surface area contributed by atoms with Gasteiger partial charge in [0.1, 0.15) is 5.54 Å². The van der Waals surface area contributed by atoms with Crippen molar-refractivity contribution in [3.63, 3.8) is 0 Å². The van der Waals surface area contributed by atoms with Crippen molar-refractivity contribution in [1.29, 1.82) is 0 Å². The van der Waals surface area contributed by atoms with Gasteiger partial charge in [-0.1, -0.05) is 0 Å². The lowest BCUT2D eigenvalue weighted by atomic mass is 10.0. The Bertz CT molecular complexity index is 324. The van der Waals surface area contributed by atoms with E-state index in [2.05, 4.69) is 0 Å². The van der Waals surface area contributed by atoms with Gasteiger partial charge in [0.05, 0.1) is 0 Å². The van der Waals surface area contributed by atoms with Crippen LogP contribution >= 0.6 is 0 Å². The number of carboxylic acid groups (broad SMARTS) is 1. The number of hydrogen-bond donors (Lipinski definition) is 1. The molecular formula is C13H24N2O3. The van der Waals surface area contributed by atoms with Crippen molar-refractivity contribution in [2.45, 2.75) is 46.1 Å². The molecule has 5 heteroatoms. The number of likely N-dealkylation sites (N-methyl/N-ethyl adjacent to an activating group) is 1. The van der Waals surface area contributed by atoms with E-state index in [9.17, 15) is 14.7 Å². The number of carboxylic acids is 1. The highest BCUT2D eigenvalue weighted by molar-refractivity contribution is 5.85. The maximum Gasteiger partial charge on any atom is 0.329 e. The number of hydrogen-bond acceptors (Lipinski definition) is 2. The van der Waals surface area contributed by atoms with Crippen molar-refractivity contribution >= 4 is 12.0 Å². The van der Waals surface area contributed by atoms with Crippen LogP contribution in [0.15, 0.2) is 0 Å². The van der Waals surface area contributed by atoms with Gasteiger partial charge in [0.2, 0.25) is 0 Å². The van der Waals surface area contributed by atoms with E-state index in [0.29, 0.717) is 19.0 Å². The molecule has 0 radical (unpaired) electrons. The van der Waals surface area contributed by atoms with Crippen LogP contribution in [0.2, 0.25) is 0 Å². The summed E-state index contributed by atoms with van der Waals surface area (Å²) < 4.78 is 0. The average Bonchev–Trinajstić information content (AvgIpc) is 3.09. The van der Waals surface area contributed by atoms with E-state index in [0.717, 1.165) is 6.54 Å². The maximum atomic E-state index is 12.4. The van der Waals surface area contributed by atoms with Crippen molar-refractivity contribution in [3.05, 3.63) is 0 Å². The Hall–Kier alpha value is -1.26. The van der Waals surface area contributed by atoms with Gasteiger partial charge in [0.25, 0.3) is 0 Å². The Kier molecular flexibility index (Phi) is 4.59. The molecule has 1 saturated carbocycles. The van der Waals surface area contributed by atoms with E-state index in [1.165, 1.54) is 17.7 Å². The summed E-state index contributed by atoms with van der Waals surface area (Å²) in [5, 5.41) is 9.23. The summed E-state index contributed by atoms with van der Waals surface area (Å²) in [6.45, 7) is 8.67. The lowest BCUT2D eigenvalue weighted by Crippen LogP contribution is -2.57. The Morgan fingerprint density at radius 2 is 1.78 bits per heavy atom. The smallest absolute Gasteiger partial charge is 0.329 e. The molecule has 0 aromatic rings. The van der Waals surface area contributed by atoms with E-state index >= 15 is 0 Å². The summed E-state index contributed by atoms with van der Waals surface area (Å²) in [5.41, 5.74) is -1.16. The first-order valence-corrected chi connectivity index (χ1v) is 6.64. The highest BCUT2D eigenvalue weighted by Crippen LogP contribution is 2.30. The molecule has 5 nitrogen and oxygen atoms in total. The fraction of sp³-hybridized carbons (Fsp3) is 0.846. The molecule has 0 bridgehead atoms. The minimum atomic E-state index is -1.16. The van der Waals surface area contributed by atoms with Crippen molar-refractivity contribution in [2.75, 3.05) is 19.6 Å². The molecule has 1 aliphatic rings. The molecule has 0 heterocycles. The van der Waals surface area contributed by atoms with Crippen LogP contribution in [0, 0.1) is 5.92 Å². The molecule has 0 aromatic carbocycles. The Labute approximate surface area is 109 Å². The summed E-state index contributed by atoms with van der Waals surface area (Å²) >= 11 is 0. The molecule has 104 valence electrons. The zero-order valence-corrected chi connectivity index (χ0v) is 11.8. The molecule has 2 amide bonds. The second kappa shape index (κ2) is 5.59. The molecule has 0 aliphatic heterocycles. The molecule has 0 spiro atoms. The molecule has 18 heavy (non-hydrogen) atoms. The highest BCUT2D eigenvalue weighted by atomic mass is 16.4. The molecule has 0 saturated heterocycles. The van der Waals surface area contributed by atoms with Gasteiger partial charge >= 0.3 is 12.0 Å². The second-order valence-electron chi connectivity index (χ2n) is 5.37. The first-order chi connectivity index (χ1) is 8.34. The van der Waals surface area contributed by atoms with Gasteiger partial charge < -0.3 is 14.9 Å². The number of rotatable bonds is 6. The second-order valence-corrected chi connectivity index (χ2v) is 5.37. The lowest BCUT2D eigenvalue weighted by molar-refractivity contribution is -0.147. The molecule has 1 aliphatic carbocycles. The van der Waals surface area contributed by atoms with Crippen LogP contribution in [0.1, 0.15) is 40.5 Å². The Morgan fingerprint density at radius 3 is 2.11 bits per heavy atom. The van der Waals surface area contributed by atoms with Crippen molar-refractivity contribution in [2.24, 2.45) is 5.92 Å². The average molecular weight is 256 g/mol. The fourth-order valence-corrected chi connectivity index (χ4v) is 2.01. The SMILES string of the molecule is CCN(CC1CC1)C(=O)N(CC)C(C)(C)C(=O)O. The molecule has 1 N–H and O–H groups in total. The fourth-order valence-electron chi connectivity index (χ4n) is 2.01. The number of amides is 2. The van der Waals surface area contributed by atoms with Gasteiger partial charge in [-0.05, 0) is 46.5 Å². The van der Waals surface area contributed by atoms with Crippen LogP contribution < -0.4 is 0 Å². The third-order valence-corrected chi connectivity index (χ3v) is 3.57. The lowest BCUT2D eigenvalue weighted by Gasteiger charge is -2.37. The predicted octanol–water partition coefficient (Wildman–Crippen LogP) is 2.02. The predicted molar refractivity (Wildman–Crippen MR) is 69.5 cm³/mol. The molecule has 0 aromatic heterocycles. The van der Waals surface area contributed by atoms with E-state index in [1.807, 2.05) is 13.8 Å². The third-order valence-electron chi connectivity index (χ3n) is 3.57. The molecule has 1 rings (SSSR count). The third kappa shape index (κ3) is 3.15. The largest absolute Gasteiger partial charge is 0.480 e. The van der Waals surface area contributed by atoms with Gasteiger partial charge in [-0.25, -0.2) is 9.59 Å². The van der Waals surface area contributed by atoms with Gasteiger partial charge in [-0.3, -0.25) is 0 Å². The van der Waals surface area contributed by atoms with Gasteiger partial charge in [0, 0.05) is 19.6 Å². The Balaban J connectivity index is 2.78. The minimum absolute atomic E-state index is 0.167. The van der Waals surface area contributed by atoms with Crippen LogP contribution in [0.25, 0.3) is 0 Å². The molecular weight excluding hydrogens is 232 g/mol. The standard InChI is InChI=1S/C13H24N2O3/c1-5-14(9-10-7-8-10)12(18)15(6-2)13(3,4)11(16)17/h10H,5-9H2,1-4H3,(H,16,17). The number of carbonyl (C=O) groups excluding carboxylic acids is 1. The summed E-state index contributed by atoms with van der Waals surface area (Å²) in [7, 11) is 0. The normalized spacial score (nSPS) is 15.3. The topological polar surface area (TPSA) is 60.9 Å². The zero-order chi connectivity index (χ0) is 13.9. The summed E-state index contributed by atoms with van der Waals surface area (Å²) in [4.78, 5) is 26.9. The van der Waals surface area contributed by atoms with E-state index in [4.69, 9.17) is 0 Å². The highest BCUT2D eigenvalue weighted by Gasteiger charge is 2.39. The molecule has 1 fully saturated rings. The number of aliphatic carboxylic acids is 1. The van der Waals surface area contributed by atoms with Gasteiger partial charge in [-0.2, -0.15) is 0 Å². The first-order valence-electron chi connectivity index (χ1n) is 6.64. The number of nitrogens with zero attached hydrogens (tertiary/aromatic N) is 2. The monoisotopic (exact) mass is 256 g/mol. The van der Waals surface area contributed by atoms with Crippen LogP contribution in [0.3, 0.4) is 0 Å². The molecule has 0 atom stereocenters. The van der Waals surface area contributed by atoms with Gasteiger partial charge in [-0.15, -0.1) is 0 Å². The quantitative estimate of drug-likeness (QED) is 0.791. The van der Waals surface area contributed by atoms with Crippen LogP contribution in [-0.4, -0.2) is 52.1 Å². The first kappa shape index (κ1) is 14.8.